The minimum atomic E-state index is -0.899. The molecule has 0 spiro atoms. The van der Waals surface area contributed by atoms with Crippen molar-refractivity contribution in [3.63, 3.8) is 0 Å². The molecular weight excluding hydrogens is 340 g/mol. The van der Waals surface area contributed by atoms with Crippen LogP contribution in [0.25, 0.3) is 11.0 Å². The van der Waals surface area contributed by atoms with Crippen LogP contribution in [0.15, 0.2) is 35.3 Å². The fourth-order valence-corrected chi connectivity index (χ4v) is 2.33. The molecule has 10 nitrogen and oxygen atoms in total. The predicted octanol–water partition coefficient (Wildman–Crippen LogP) is 0.711. The van der Waals surface area contributed by atoms with Crippen LogP contribution < -0.4 is 10.6 Å². The lowest BCUT2D eigenvalue weighted by molar-refractivity contribution is -0.154. The molecule has 0 fully saturated rings. The summed E-state index contributed by atoms with van der Waals surface area (Å²) in [6, 6.07) is 3.68. The number of hydrogen-bond donors (Lipinski definition) is 2. The number of fused-ring (bicyclic) bond motifs is 1. The maximum absolute atomic E-state index is 11.5. The molecule has 3 heterocycles. The van der Waals surface area contributed by atoms with Crippen molar-refractivity contribution in [1.82, 2.24) is 25.1 Å². The molecular formula is C16H18N6O4. The van der Waals surface area contributed by atoms with Gasteiger partial charge in [-0.1, -0.05) is 0 Å². The van der Waals surface area contributed by atoms with Crippen molar-refractivity contribution in [3.05, 3.63) is 36.7 Å². The second-order valence-corrected chi connectivity index (χ2v) is 5.24. The molecule has 3 aromatic rings. The summed E-state index contributed by atoms with van der Waals surface area (Å²) in [5.74, 6) is -0.262. The van der Waals surface area contributed by atoms with Crippen LogP contribution in [0, 0.1) is 0 Å². The molecule has 3 aromatic heterocycles. The van der Waals surface area contributed by atoms with Crippen LogP contribution >= 0.6 is 0 Å². The Labute approximate surface area is 148 Å². The van der Waals surface area contributed by atoms with Gasteiger partial charge < -0.3 is 19.8 Å². The summed E-state index contributed by atoms with van der Waals surface area (Å²) in [5.41, 5.74) is 0.618. The SMILES string of the molecule is CCOC(=O)C(=O)NCCn1ncc2c(NCc3ccco3)ncnc21. The Kier molecular flexibility index (Phi) is 5.42. The number of nitrogens with zero attached hydrogens (tertiary/aromatic N) is 4. The van der Waals surface area contributed by atoms with Gasteiger partial charge >= 0.3 is 11.9 Å². The molecule has 0 radical (unpaired) electrons. The van der Waals surface area contributed by atoms with Gasteiger partial charge in [-0.2, -0.15) is 5.10 Å². The highest BCUT2D eigenvalue weighted by Gasteiger charge is 2.14. The Bertz CT molecular complexity index is 889. The largest absolute Gasteiger partial charge is 0.467 e. The molecule has 0 saturated heterocycles. The molecule has 10 heteroatoms. The highest BCUT2D eigenvalue weighted by molar-refractivity contribution is 6.32. The first kappa shape index (κ1) is 17.4. The van der Waals surface area contributed by atoms with Crippen LogP contribution in [-0.4, -0.2) is 44.8 Å². The molecule has 0 aliphatic rings. The van der Waals surface area contributed by atoms with Gasteiger partial charge in [0.2, 0.25) is 0 Å². The van der Waals surface area contributed by atoms with Gasteiger partial charge in [0.1, 0.15) is 17.9 Å². The third-order valence-electron chi connectivity index (χ3n) is 3.51. The number of nitrogens with one attached hydrogen (secondary N) is 2. The van der Waals surface area contributed by atoms with Gasteiger partial charge in [-0.3, -0.25) is 4.79 Å². The van der Waals surface area contributed by atoms with Crippen molar-refractivity contribution in [1.29, 1.82) is 0 Å². The Balaban J connectivity index is 1.62. The number of furan rings is 1. The Morgan fingerprint density at radius 2 is 2.23 bits per heavy atom. The lowest BCUT2D eigenvalue weighted by Gasteiger charge is -2.07. The number of ether oxygens (including phenoxy) is 1. The van der Waals surface area contributed by atoms with E-state index in [1.165, 1.54) is 6.33 Å². The number of aromatic nitrogens is 4. The lowest BCUT2D eigenvalue weighted by atomic mass is 10.3. The van der Waals surface area contributed by atoms with E-state index in [2.05, 4.69) is 30.4 Å². The predicted molar refractivity (Wildman–Crippen MR) is 91.0 cm³/mol. The maximum Gasteiger partial charge on any atom is 0.396 e. The molecule has 0 aromatic carbocycles. The smallest absolute Gasteiger partial charge is 0.396 e. The summed E-state index contributed by atoms with van der Waals surface area (Å²) in [6.45, 7) is 2.84. The van der Waals surface area contributed by atoms with Crippen LogP contribution in [-0.2, 0) is 27.4 Å². The number of esters is 1. The molecule has 0 saturated carbocycles. The average molecular weight is 358 g/mol. The summed E-state index contributed by atoms with van der Waals surface area (Å²) in [7, 11) is 0. The van der Waals surface area contributed by atoms with Gasteiger partial charge in [0, 0.05) is 6.54 Å². The molecule has 0 aliphatic carbocycles. The summed E-state index contributed by atoms with van der Waals surface area (Å²) in [6.07, 6.45) is 4.68. The molecule has 0 aliphatic heterocycles. The molecule has 0 atom stereocenters. The average Bonchev–Trinajstić information content (AvgIpc) is 3.30. The van der Waals surface area contributed by atoms with Crippen molar-refractivity contribution in [2.75, 3.05) is 18.5 Å². The van der Waals surface area contributed by atoms with E-state index in [4.69, 9.17) is 4.42 Å². The minimum Gasteiger partial charge on any atom is -0.467 e. The van der Waals surface area contributed by atoms with Gasteiger partial charge in [-0.15, -0.1) is 0 Å². The Hall–Kier alpha value is -3.43. The van der Waals surface area contributed by atoms with Crippen LogP contribution in [0.2, 0.25) is 0 Å². The van der Waals surface area contributed by atoms with E-state index in [9.17, 15) is 9.59 Å². The topological polar surface area (TPSA) is 124 Å². The van der Waals surface area contributed by atoms with E-state index >= 15 is 0 Å². The zero-order valence-corrected chi connectivity index (χ0v) is 14.1. The lowest BCUT2D eigenvalue weighted by Crippen LogP contribution is -2.34. The second-order valence-electron chi connectivity index (χ2n) is 5.24. The maximum atomic E-state index is 11.5. The molecule has 0 bridgehead atoms. The number of carbonyl (C=O) groups excluding carboxylic acids is 2. The van der Waals surface area contributed by atoms with Crippen LogP contribution in [0.4, 0.5) is 5.82 Å². The third kappa shape index (κ3) is 3.97. The van der Waals surface area contributed by atoms with Gasteiger partial charge in [-0.25, -0.2) is 19.4 Å². The van der Waals surface area contributed by atoms with Gasteiger partial charge in [0.25, 0.3) is 0 Å². The van der Waals surface area contributed by atoms with Crippen molar-refractivity contribution in [3.8, 4) is 0 Å². The van der Waals surface area contributed by atoms with Gasteiger partial charge in [0.15, 0.2) is 5.65 Å². The standard InChI is InChI=1S/C16H18N6O4/c1-2-25-16(24)15(23)17-5-6-22-14-12(9-21-22)13(19-10-20-14)18-8-11-4-3-7-26-11/h3-4,7,9-10H,2,5-6,8H2,1H3,(H,17,23)(H,18,19,20). The highest BCUT2D eigenvalue weighted by atomic mass is 16.5. The van der Waals surface area contributed by atoms with Crippen molar-refractivity contribution in [2.45, 2.75) is 20.0 Å². The van der Waals surface area contributed by atoms with E-state index in [1.54, 1.807) is 24.1 Å². The molecule has 1 amide bonds. The van der Waals surface area contributed by atoms with E-state index < -0.39 is 11.9 Å². The summed E-state index contributed by atoms with van der Waals surface area (Å²) >= 11 is 0. The van der Waals surface area contributed by atoms with Crippen LogP contribution in [0.1, 0.15) is 12.7 Å². The Morgan fingerprint density at radius 1 is 1.35 bits per heavy atom. The van der Waals surface area contributed by atoms with Crippen molar-refractivity contribution < 1.29 is 18.7 Å². The van der Waals surface area contributed by atoms with Crippen molar-refractivity contribution >= 4 is 28.7 Å². The number of anilines is 1. The number of carbonyl (C=O) groups is 2. The molecule has 136 valence electrons. The molecule has 0 unspecified atom stereocenters. The normalized spacial score (nSPS) is 10.7. The molecule has 26 heavy (non-hydrogen) atoms. The summed E-state index contributed by atoms with van der Waals surface area (Å²) < 4.78 is 11.5. The summed E-state index contributed by atoms with van der Waals surface area (Å²) in [5, 5.41) is 10.7. The van der Waals surface area contributed by atoms with E-state index in [0.717, 1.165) is 11.1 Å². The highest BCUT2D eigenvalue weighted by Crippen LogP contribution is 2.19. The molecule has 2 N–H and O–H groups in total. The molecule has 3 rings (SSSR count). The first-order valence-corrected chi connectivity index (χ1v) is 8.06. The van der Waals surface area contributed by atoms with Gasteiger partial charge in [-0.05, 0) is 19.1 Å². The van der Waals surface area contributed by atoms with Crippen LogP contribution in [0.5, 0.6) is 0 Å². The van der Waals surface area contributed by atoms with E-state index in [0.29, 0.717) is 24.6 Å². The fourth-order valence-electron chi connectivity index (χ4n) is 2.33. The van der Waals surface area contributed by atoms with Gasteiger partial charge in [0.05, 0.1) is 37.5 Å². The fraction of sp³-hybridized carbons (Fsp3) is 0.312. The summed E-state index contributed by atoms with van der Waals surface area (Å²) in [4.78, 5) is 31.2. The Morgan fingerprint density at radius 3 is 3.00 bits per heavy atom. The minimum absolute atomic E-state index is 0.154. The zero-order valence-electron chi connectivity index (χ0n) is 14.1. The number of hydrogen-bond acceptors (Lipinski definition) is 8. The quantitative estimate of drug-likeness (QED) is 0.467. The van der Waals surface area contributed by atoms with Crippen LogP contribution in [0.3, 0.4) is 0 Å². The first-order chi connectivity index (χ1) is 12.7. The monoisotopic (exact) mass is 358 g/mol. The van der Waals surface area contributed by atoms with Crippen molar-refractivity contribution in [2.24, 2.45) is 0 Å². The second kappa shape index (κ2) is 8.10. The number of amides is 1. The van der Waals surface area contributed by atoms with E-state index in [1.807, 2.05) is 12.1 Å². The van der Waals surface area contributed by atoms with E-state index in [-0.39, 0.29) is 13.2 Å². The first-order valence-electron chi connectivity index (χ1n) is 8.06. The third-order valence-corrected chi connectivity index (χ3v) is 3.51. The zero-order chi connectivity index (χ0) is 18.4. The number of rotatable bonds is 7.